The number of rotatable bonds is 3. The van der Waals surface area contributed by atoms with E-state index in [2.05, 4.69) is 22.3 Å². The Balaban J connectivity index is 1.71. The van der Waals surface area contributed by atoms with Gasteiger partial charge in [0.1, 0.15) is 0 Å². The van der Waals surface area contributed by atoms with Crippen molar-refractivity contribution < 1.29 is 0 Å². The van der Waals surface area contributed by atoms with Gasteiger partial charge in [-0.25, -0.2) is 4.52 Å². The zero-order valence-corrected chi connectivity index (χ0v) is 12.0. The van der Waals surface area contributed by atoms with E-state index < -0.39 is 0 Å². The maximum Gasteiger partial charge on any atom is 0.243 e. The van der Waals surface area contributed by atoms with Gasteiger partial charge in [-0.15, -0.1) is 5.10 Å². The lowest BCUT2D eigenvalue weighted by molar-refractivity contribution is 0.233. The molecule has 102 valence electrons. The molecule has 0 radical (unpaired) electrons. The van der Waals surface area contributed by atoms with Crippen LogP contribution in [0.2, 0.25) is 5.02 Å². The second-order valence-corrected chi connectivity index (χ2v) is 6.25. The fourth-order valence-electron chi connectivity index (χ4n) is 2.81. The molecule has 2 aromatic heterocycles. The summed E-state index contributed by atoms with van der Waals surface area (Å²) in [6.07, 6.45) is 8.41. The van der Waals surface area contributed by atoms with E-state index in [0.29, 0.717) is 16.4 Å². The van der Waals surface area contributed by atoms with Gasteiger partial charge in [-0.05, 0) is 30.4 Å². The lowest BCUT2D eigenvalue weighted by atomic mass is 9.76. The van der Waals surface area contributed by atoms with Crippen molar-refractivity contribution in [2.24, 2.45) is 5.41 Å². The fraction of sp³-hybridized carbons (Fsp3) is 0.571. The van der Waals surface area contributed by atoms with Gasteiger partial charge in [0, 0.05) is 12.7 Å². The van der Waals surface area contributed by atoms with Crippen LogP contribution in [0.3, 0.4) is 0 Å². The Bertz CT molecular complexity index is 572. The third-order valence-electron chi connectivity index (χ3n) is 4.03. The highest BCUT2D eigenvalue weighted by Crippen LogP contribution is 2.35. The Morgan fingerprint density at radius 1 is 1.32 bits per heavy atom. The third-order valence-corrected chi connectivity index (χ3v) is 4.25. The molecule has 0 aliphatic heterocycles. The minimum absolute atomic E-state index is 0.382. The highest BCUT2D eigenvalue weighted by atomic mass is 35.5. The molecule has 0 amide bonds. The Labute approximate surface area is 118 Å². The quantitative estimate of drug-likeness (QED) is 0.929. The summed E-state index contributed by atoms with van der Waals surface area (Å²) < 4.78 is 1.72. The minimum Gasteiger partial charge on any atom is -0.352 e. The van der Waals surface area contributed by atoms with Gasteiger partial charge in [-0.1, -0.05) is 37.8 Å². The number of fused-ring (bicyclic) bond motifs is 1. The van der Waals surface area contributed by atoms with Crippen LogP contribution < -0.4 is 5.32 Å². The maximum absolute atomic E-state index is 5.94. The first-order valence-electron chi connectivity index (χ1n) is 6.91. The van der Waals surface area contributed by atoms with E-state index in [1.807, 2.05) is 12.1 Å². The number of hydrogen-bond acceptors (Lipinski definition) is 3. The fourth-order valence-corrected chi connectivity index (χ4v) is 2.96. The molecule has 1 saturated carbocycles. The molecule has 2 heterocycles. The van der Waals surface area contributed by atoms with Crippen molar-refractivity contribution in [1.29, 1.82) is 0 Å². The van der Waals surface area contributed by atoms with Crippen LogP contribution in [0.1, 0.15) is 39.0 Å². The van der Waals surface area contributed by atoms with E-state index in [9.17, 15) is 0 Å². The average Bonchev–Trinajstić information content (AvgIpc) is 2.79. The zero-order valence-electron chi connectivity index (χ0n) is 11.2. The Hall–Kier alpha value is -1.29. The highest BCUT2D eigenvalue weighted by molar-refractivity contribution is 6.30. The van der Waals surface area contributed by atoms with Crippen molar-refractivity contribution in [3.05, 3.63) is 23.4 Å². The van der Waals surface area contributed by atoms with Crippen molar-refractivity contribution >= 4 is 23.2 Å². The first kappa shape index (κ1) is 12.7. The van der Waals surface area contributed by atoms with Crippen LogP contribution in [0.15, 0.2) is 18.3 Å². The van der Waals surface area contributed by atoms with Crippen molar-refractivity contribution in [1.82, 2.24) is 14.6 Å². The molecule has 0 saturated heterocycles. The molecule has 0 bridgehead atoms. The van der Waals surface area contributed by atoms with E-state index in [1.54, 1.807) is 10.7 Å². The van der Waals surface area contributed by atoms with Gasteiger partial charge in [0.25, 0.3) is 0 Å². The second kappa shape index (κ2) is 5.00. The molecule has 1 fully saturated rings. The molecular weight excluding hydrogens is 260 g/mol. The van der Waals surface area contributed by atoms with Crippen molar-refractivity contribution in [3.8, 4) is 0 Å². The lowest BCUT2D eigenvalue weighted by Gasteiger charge is -2.33. The Morgan fingerprint density at radius 3 is 2.89 bits per heavy atom. The molecule has 4 nitrogen and oxygen atoms in total. The predicted octanol–water partition coefficient (Wildman–Crippen LogP) is 3.77. The van der Waals surface area contributed by atoms with Gasteiger partial charge < -0.3 is 5.32 Å². The summed E-state index contributed by atoms with van der Waals surface area (Å²) >= 11 is 5.94. The highest BCUT2D eigenvalue weighted by Gasteiger charge is 2.26. The predicted molar refractivity (Wildman–Crippen MR) is 77.7 cm³/mol. The number of hydrogen-bond donors (Lipinski definition) is 1. The van der Waals surface area contributed by atoms with Crippen LogP contribution in [0, 0.1) is 5.41 Å². The molecule has 1 N–H and O–H groups in total. The van der Waals surface area contributed by atoms with Gasteiger partial charge in [0.05, 0.1) is 5.02 Å². The number of nitrogens with zero attached hydrogens (tertiary/aromatic N) is 3. The molecule has 2 aromatic rings. The van der Waals surface area contributed by atoms with Gasteiger partial charge in [0.2, 0.25) is 5.95 Å². The van der Waals surface area contributed by atoms with E-state index in [0.717, 1.165) is 12.2 Å². The Morgan fingerprint density at radius 2 is 2.11 bits per heavy atom. The summed E-state index contributed by atoms with van der Waals surface area (Å²) in [5, 5.41) is 8.45. The number of nitrogens with one attached hydrogen (secondary N) is 1. The topological polar surface area (TPSA) is 42.2 Å². The molecule has 19 heavy (non-hydrogen) atoms. The largest absolute Gasteiger partial charge is 0.352 e. The van der Waals surface area contributed by atoms with Gasteiger partial charge in [0.15, 0.2) is 5.65 Å². The molecule has 0 spiro atoms. The third kappa shape index (κ3) is 2.84. The standard InChI is InChI=1S/C14H19ClN4/c1-14(7-3-2-4-8-14)10-16-13-17-12-6-5-11(15)9-19(12)18-13/h5-6,9H,2-4,7-8,10H2,1H3,(H,16,18). The summed E-state index contributed by atoms with van der Waals surface area (Å²) in [5.41, 5.74) is 1.20. The molecule has 0 unspecified atom stereocenters. The second-order valence-electron chi connectivity index (χ2n) is 5.81. The number of pyridine rings is 1. The zero-order chi connectivity index (χ0) is 13.3. The first-order valence-corrected chi connectivity index (χ1v) is 7.28. The molecule has 1 aliphatic carbocycles. The van der Waals surface area contributed by atoms with E-state index in [1.165, 1.54) is 32.1 Å². The minimum atomic E-state index is 0.382. The summed E-state index contributed by atoms with van der Waals surface area (Å²) in [7, 11) is 0. The summed E-state index contributed by atoms with van der Waals surface area (Å²) in [6.45, 7) is 3.30. The van der Waals surface area contributed by atoms with E-state index >= 15 is 0 Å². The molecular formula is C14H19ClN4. The molecule has 1 aliphatic rings. The number of anilines is 1. The average molecular weight is 279 g/mol. The molecule has 0 aromatic carbocycles. The van der Waals surface area contributed by atoms with Crippen molar-refractivity contribution in [2.75, 3.05) is 11.9 Å². The van der Waals surface area contributed by atoms with E-state index in [-0.39, 0.29) is 0 Å². The van der Waals surface area contributed by atoms with Crippen LogP contribution in [-0.2, 0) is 0 Å². The summed E-state index contributed by atoms with van der Waals surface area (Å²) in [6, 6.07) is 3.71. The molecule has 0 atom stereocenters. The van der Waals surface area contributed by atoms with Crippen molar-refractivity contribution in [2.45, 2.75) is 39.0 Å². The monoisotopic (exact) mass is 278 g/mol. The van der Waals surface area contributed by atoms with Crippen LogP contribution in [0.25, 0.3) is 5.65 Å². The smallest absolute Gasteiger partial charge is 0.243 e. The number of aromatic nitrogens is 3. The van der Waals surface area contributed by atoms with Crippen LogP contribution in [-0.4, -0.2) is 21.1 Å². The van der Waals surface area contributed by atoms with Gasteiger partial charge >= 0.3 is 0 Å². The SMILES string of the molecule is CC1(CNc2nc3ccc(Cl)cn3n2)CCCCC1. The van der Waals surface area contributed by atoms with Crippen LogP contribution in [0.4, 0.5) is 5.95 Å². The molecule has 3 rings (SSSR count). The number of halogens is 1. The first-order chi connectivity index (χ1) is 9.15. The van der Waals surface area contributed by atoms with Crippen LogP contribution in [0.5, 0.6) is 0 Å². The normalized spacial score (nSPS) is 18.6. The molecule has 5 heteroatoms. The lowest BCUT2D eigenvalue weighted by Crippen LogP contribution is -2.29. The Kier molecular flexibility index (Phi) is 3.35. The van der Waals surface area contributed by atoms with Crippen molar-refractivity contribution in [3.63, 3.8) is 0 Å². The van der Waals surface area contributed by atoms with Crippen LogP contribution >= 0.6 is 11.6 Å². The maximum atomic E-state index is 5.94. The van der Waals surface area contributed by atoms with Gasteiger partial charge in [-0.3, -0.25) is 0 Å². The van der Waals surface area contributed by atoms with E-state index in [4.69, 9.17) is 11.6 Å². The van der Waals surface area contributed by atoms with Gasteiger partial charge in [-0.2, -0.15) is 4.98 Å². The summed E-state index contributed by atoms with van der Waals surface area (Å²) in [5.74, 6) is 0.689. The summed E-state index contributed by atoms with van der Waals surface area (Å²) in [4.78, 5) is 4.45.